The molecule has 1 unspecified atom stereocenters. The lowest BCUT2D eigenvalue weighted by Gasteiger charge is -2.37. The normalized spacial score (nSPS) is 20.3. The van der Waals surface area contributed by atoms with E-state index in [0.29, 0.717) is 24.4 Å². The van der Waals surface area contributed by atoms with Crippen LogP contribution >= 0.6 is 0 Å². The molecule has 2 aromatic rings. The fourth-order valence-electron chi connectivity index (χ4n) is 4.44. The quantitative estimate of drug-likeness (QED) is 0.839. The van der Waals surface area contributed by atoms with Crippen LogP contribution in [0, 0.1) is 17.2 Å². The number of amides is 1. The number of aromatic amines is 1. The van der Waals surface area contributed by atoms with Gasteiger partial charge < -0.3 is 10.3 Å². The van der Waals surface area contributed by atoms with Gasteiger partial charge in [0, 0.05) is 26.1 Å². The fraction of sp³-hybridized carbons (Fsp3) is 0.500. The molecule has 146 valence electrons. The highest BCUT2D eigenvalue weighted by Gasteiger charge is 2.34. The first-order valence-electron chi connectivity index (χ1n) is 10.2. The van der Waals surface area contributed by atoms with Gasteiger partial charge in [0.25, 0.3) is 0 Å². The molecular formula is C22H27N5O. The standard InChI is InChI=1S/C22H27N5O/c23-11-16-6-8-17(9-7-16)12-24-22(28)21-10-19-20(26-15-25-19)14-27(21)13-18-4-2-1-3-5-18/h6-9,15,18,21H,1-5,10,12-14H2,(H,24,28)(H,25,26). The Morgan fingerprint density at radius 2 is 2.04 bits per heavy atom. The number of hydrogen-bond acceptors (Lipinski definition) is 4. The van der Waals surface area contributed by atoms with Crippen molar-refractivity contribution in [2.75, 3.05) is 6.54 Å². The molecule has 1 saturated carbocycles. The van der Waals surface area contributed by atoms with Crippen LogP contribution in [0.4, 0.5) is 0 Å². The Morgan fingerprint density at radius 3 is 2.79 bits per heavy atom. The van der Waals surface area contributed by atoms with E-state index < -0.39 is 0 Å². The lowest BCUT2D eigenvalue weighted by atomic mass is 9.88. The smallest absolute Gasteiger partial charge is 0.238 e. The molecule has 6 heteroatoms. The highest BCUT2D eigenvalue weighted by atomic mass is 16.2. The van der Waals surface area contributed by atoms with E-state index in [0.717, 1.165) is 30.0 Å². The highest BCUT2D eigenvalue weighted by Crippen LogP contribution is 2.28. The molecule has 0 spiro atoms. The van der Waals surface area contributed by atoms with Crippen LogP contribution in [-0.2, 0) is 24.3 Å². The lowest BCUT2D eigenvalue weighted by Crippen LogP contribution is -2.51. The number of hydrogen-bond donors (Lipinski definition) is 2. The minimum Gasteiger partial charge on any atom is -0.351 e. The van der Waals surface area contributed by atoms with Gasteiger partial charge >= 0.3 is 0 Å². The van der Waals surface area contributed by atoms with Crippen molar-refractivity contribution in [3.63, 3.8) is 0 Å². The van der Waals surface area contributed by atoms with E-state index in [1.165, 1.54) is 32.1 Å². The maximum Gasteiger partial charge on any atom is 0.238 e. The number of rotatable bonds is 5. The molecule has 1 fully saturated rings. The number of H-pyrrole nitrogens is 1. The van der Waals surface area contributed by atoms with Gasteiger partial charge in [-0.3, -0.25) is 9.69 Å². The zero-order valence-corrected chi connectivity index (χ0v) is 16.2. The molecule has 0 saturated heterocycles. The summed E-state index contributed by atoms with van der Waals surface area (Å²) in [4.78, 5) is 23.0. The maximum absolute atomic E-state index is 13.0. The fourth-order valence-corrected chi connectivity index (χ4v) is 4.44. The second-order valence-corrected chi connectivity index (χ2v) is 8.01. The van der Waals surface area contributed by atoms with Crippen molar-refractivity contribution in [2.45, 2.75) is 57.7 Å². The monoisotopic (exact) mass is 377 g/mol. The van der Waals surface area contributed by atoms with E-state index in [4.69, 9.17) is 5.26 Å². The molecule has 0 radical (unpaired) electrons. The number of aromatic nitrogens is 2. The van der Waals surface area contributed by atoms with E-state index in [2.05, 4.69) is 26.3 Å². The third-order valence-corrected chi connectivity index (χ3v) is 6.07. The molecule has 1 aliphatic carbocycles. The molecule has 4 rings (SSSR count). The Morgan fingerprint density at radius 1 is 1.25 bits per heavy atom. The van der Waals surface area contributed by atoms with Crippen molar-refractivity contribution >= 4 is 5.91 Å². The summed E-state index contributed by atoms with van der Waals surface area (Å²) in [6.07, 6.45) is 8.89. The molecule has 2 N–H and O–H groups in total. The van der Waals surface area contributed by atoms with Gasteiger partial charge in [-0.15, -0.1) is 0 Å². The summed E-state index contributed by atoms with van der Waals surface area (Å²) >= 11 is 0. The van der Waals surface area contributed by atoms with Gasteiger partial charge in [-0.2, -0.15) is 5.26 Å². The van der Waals surface area contributed by atoms with Crippen molar-refractivity contribution < 1.29 is 4.79 Å². The van der Waals surface area contributed by atoms with Crippen LogP contribution in [0.3, 0.4) is 0 Å². The molecule has 2 aliphatic rings. The maximum atomic E-state index is 13.0. The summed E-state index contributed by atoms with van der Waals surface area (Å²) in [5.41, 5.74) is 3.79. The first-order valence-corrected chi connectivity index (χ1v) is 10.2. The minimum absolute atomic E-state index is 0.0637. The molecule has 1 aromatic carbocycles. The predicted molar refractivity (Wildman–Crippen MR) is 106 cm³/mol. The van der Waals surface area contributed by atoms with Crippen LogP contribution in [0.5, 0.6) is 0 Å². The zero-order valence-electron chi connectivity index (χ0n) is 16.2. The third kappa shape index (κ3) is 4.26. The largest absolute Gasteiger partial charge is 0.351 e. The molecule has 1 aromatic heterocycles. The van der Waals surface area contributed by atoms with Gasteiger partial charge in [0.1, 0.15) is 0 Å². The van der Waals surface area contributed by atoms with Crippen molar-refractivity contribution in [3.05, 3.63) is 53.1 Å². The van der Waals surface area contributed by atoms with Gasteiger partial charge in [0.15, 0.2) is 0 Å². The number of nitriles is 1. The van der Waals surface area contributed by atoms with Gasteiger partial charge in [-0.05, 0) is 36.5 Å². The second-order valence-electron chi connectivity index (χ2n) is 8.01. The molecule has 2 heterocycles. The van der Waals surface area contributed by atoms with E-state index >= 15 is 0 Å². The third-order valence-electron chi connectivity index (χ3n) is 6.07. The average Bonchev–Trinajstić information content (AvgIpc) is 3.20. The molecule has 6 nitrogen and oxygen atoms in total. The van der Waals surface area contributed by atoms with Crippen LogP contribution in [-0.4, -0.2) is 33.4 Å². The molecule has 1 atom stereocenters. The number of carbonyl (C=O) groups is 1. The summed E-state index contributed by atoms with van der Waals surface area (Å²) in [5.74, 6) is 0.751. The van der Waals surface area contributed by atoms with Crippen molar-refractivity contribution in [3.8, 4) is 6.07 Å². The first-order chi connectivity index (χ1) is 13.7. The second kappa shape index (κ2) is 8.57. The van der Waals surface area contributed by atoms with E-state index in [1.807, 2.05) is 12.1 Å². The Bertz CT molecular complexity index is 845. The first kappa shape index (κ1) is 18.7. The van der Waals surface area contributed by atoms with Crippen LogP contribution in [0.1, 0.15) is 54.6 Å². The van der Waals surface area contributed by atoms with Crippen LogP contribution in [0.15, 0.2) is 30.6 Å². The SMILES string of the molecule is N#Cc1ccc(CNC(=O)C2Cc3nc[nH]c3CN2CC2CCCCC2)cc1. The Balaban J connectivity index is 1.42. The number of carbonyl (C=O) groups excluding carboxylic acids is 1. The topological polar surface area (TPSA) is 84.8 Å². The van der Waals surface area contributed by atoms with Crippen LogP contribution < -0.4 is 5.32 Å². The zero-order chi connectivity index (χ0) is 19.3. The van der Waals surface area contributed by atoms with Crippen LogP contribution in [0.2, 0.25) is 0 Å². The molecular weight excluding hydrogens is 350 g/mol. The number of nitrogens with zero attached hydrogens (tertiary/aromatic N) is 3. The predicted octanol–water partition coefficient (Wildman–Crippen LogP) is 2.90. The van der Waals surface area contributed by atoms with Crippen molar-refractivity contribution in [1.29, 1.82) is 5.26 Å². The molecule has 28 heavy (non-hydrogen) atoms. The molecule has 1 amide bonds. The van der Waals surface area contributed by atoms with E-state index in [1.54, 1.807) is 18.5 Å². The Kier molecular flexibility index (Phi) is 5.73. The Hall–Kier alpha value is -2.65. The van der Waals surface area contributed by atoms with E-state index in [9.17, 15) is 4.79 Å². The lowest BCUT2D eigenvalue weighted by molar-refractivity contribution is -0.127. The minimum atomic E-state index is -0.170. The summed E-state index contributed by atoms with van der Waals surface area (Å²) in [7, 11) is 0. The van der Waals surface area contributed by atoms with Gasteiger partial charge in [-0.1, -0.05) is 31.4 Å². The van der Waals surface area contributed by atoms with Gasteiger partial charge in [0.2, 0.25) is 5.91 Å². The summed E-state index contributed by atoms with van der Waals surface area (Å²) < 4.78 is 0. The number of fused-ring (bicyclic) bond motifs is 1. The molecule has 1 aliphatic heterocycles. The summed E-state index contributed by atoms with van der Waals surface area (Å²) in [6.45, 7) is 2.22. The number of imidazole rings is 1. The Labute approximate surface area is 166 Å². The van der Waals surface area contributed by atoms with Crippen molar-refractivity contribution in [2.24, 2.45) is 5.92 Å². The summed E-state index contributed by atoms with van der Waals surface area (Å²) in [6, 6.07) is 9.31. The van der Waals surface area contributed by atoms with E-state index in [-0.39, 0.29) is 11.9 Å². The number of benzene rings is 1. The van der Waals surface area contributed by atoms with Gasteiger partial charge in [0.05, 0.1) is 35.4 Å². The average molecular weight is 377 g/mol. The summed E-state index contributed by atoms with van der Waals surface area (Å²) in [5, 5.41) is 12.0. The molecule has 0 bridgehead atoms. The van der Waals surface area contributed by atoms with Crippen molar-refractivity contribution in [1.82, 2.24) is 20.2 Å². The van der Waals surface area contributed by atoms with Crippen LogP contribution in [0.25, 0.3) is 0 Å². The highest BCUT2D eigenvalue weighted by molar-refractivity contribution is 5.82. The number of nitrogens with one attached hydrogen (secondary N) is 2. The van der Waals surface area contributed by atoms with Gasteiger partial charge in [-0.25, -0.2) is 4.98 Å².